The molecule has 0 bridgehead atoms. The molecule has 1 aliphatic carbocycles. The lowest BCUT2D eigenvalue weighted by molar-refractivity contribution is -0.514. The summed E-state index contributed by atoms with van der Waals surface area (Å²) in [5.74, 6) is -17.9. The zero-order valence-corrected chi connectivity index (χ0v) is 17.9. The number of rotatable bonds is 7. The van der Waals surface area contributed by atoms with Gasteiger partial charge in [0.05, 0.1) is 6.10 Å². The number of carbonyl (C=O) groups excluding carboxylic acids is 1. The predicted molar refractivity (Wildman–Crippen MR) is 97.0 cm³/mol. The highest BCUT2D eigenvalue weighted by molar-refractivity contribution is 5.87. The van der Waals surface area contributed by atoms with Crippen molar-refractivity contribution in [1.29, 1.82) is 0 Å². The molecule has 0 spiro atoms. The van der Waals surface area contributed by atoms with Crippen LogP contribution in [0.3, 0.4) is 0 Å². The average Bonchev–Trinajstić information content (AvgIpc) is 2.66. The van der Waals surface area contributed by atoms with Gasteiger partial charge in [-0.1, -0.05) is 25.8 Å². The van der Waals surface area contributed by atoms with Gasteiger partial charge in [-0.15, -0.1) is 0 Å². The summed E-state index contributed by atoms with van der Waals surface area (Å²) in [6.07, 6.45) is -11.6. The largest absolute Gasteiger partial charge is 0.450 e. The van der Waals surface area contributed by atoms with E-state index in [0.29, 0.717) is 19.3 Å². The molecule has 2 rings (SSSR count). The highest BCUT2D eigenvalue weighted by Gasteiger charge is 2.85. The lowest BCUT2D eigenvalue weighted by Gasteiger charge is -2.53. The maximum Gasteiger partial charge on any atom is 0.450 e. The number of hydrogen-bond donors (Lipinski definition) is 0. The molecule has 0 aromatic rings. The van der Waals surface area contributed by atoms with Crippen LogP contribution in [0.25, 0.3) is 0 Å². The van der Waals surface area contributed by atoms with Crippen molar-refractivity contribution in [2.24, 2.45) is 5.92 Å². The van der Waals surface area contributed by atoms with Gasteiger partial charge < -0.3 is 18.9 Å². The molecule has 0 N–H and O–H groups in total. The minimum Gasteiger partial charge on any atom is -0.446 e. The van der Waals surface area contributed by atoms with E-state index in [2.05, 4.69) is 20.8 Å². The second kappa shape index (κ2) is 9.46. The van der Waals surface area contributed by atoms with Crippen LogP contribution in [0.1, 0.15) is 52.9 Å². The molecule has 2 fully saturated rings. The first kappa shape index (κ1) is 26.8. The Morgan fingerprint density at radius 3 is 2.16 bits per heavy atom. The SMILES string of the molecule is C=C(C)C(=O)OC1C(F)(F)C(C2CCCCC2)OC(OCOC(C)C)(C(F)(F)F)C1(F)F. The first-order valence-corrected chi connectivity index (χ1v) is 10.2. The normalized spacial score (nSPS) is 30.8. The van der Waals surface area contributed by atoms with E-state index in [1.165, 1.54) is 13.8 Å². The first-order chi connectivity index (χ1) is 14.6. The molecule has 3 atom stereocenters. The van der Waals surface area contributed by atoms with Crippen LogP contribution in [0.5, 0.6) is 0 Å². The Kier molecular flexibility index (Phi) is 7.93. The molecule has 32 heavy (non-hydrogen) atoms. The summed E-state index contributed by atoms with van der Waals surface area (Å²) in [5, 5.41) is 0. The van der Waals surface area contributed by atoms with E-state index >= 15 is 17.6 Å². The third-order valence-electron chi connectivity index (χ3n) is 5.48. The van der Waals surface area contributed by atoms with Crippen molar-refractivity contribution in [1.82, 2.24) is 0 Å². The fourth-order valence-corrected chi connectivity index (χ4v) is 3.83. The number of hydrogen-bond acceptors (Lipinski definition) is 5. The summed E-state index contributed by atoms with van der Waals surface area (Å²) >= 11 is 0. The fourth-order valence-electron chi connectivity index (χ4n) is 3.83. The maximum atomic E-state index is 15.3. The van der Waals surface area contributed by atoms with Gasteiger partial charge >= 0.3 is 29.8 Å². The van der Waals surface area contributed by atoms with Crippen LogP contribution in [0.2, 0.25) is 0 Å². The van der Waals surface area contributed by atoms with Crippen molar-refractivity contribution >= 4 is 5.97 Å². The molecule has 3 unspecified atom stereocenters. The Bertz CT molecular complexity index is 688. The Morgan fingerprint density at radius 2 is 1.69 bits per heavy atom. The molecule has 0 aromatic carbocycles. The standard InChI is InChI=1S/C20H27F7O5/c1-11(2)15(28)31-16-17(21,22)14(13-8-6-5-7-9-13)32-19(18(16,23)24,20(25,26)27)30-10-29-12(3)4/h12-14,16H,1,5-10H2,2-4H3. The molecule has 1 saturated heterocycles. The molecule has 1 saturated carbocycles. The molecule has 0 radical (unpaired) electrons. The van der Waals surface area contributed by atoms with Gasteiger partial charge in [0.25, 0.3) is 0 Å². The minimum atomic E-state index is -5.98. The first-order valence-electron chi connectivity index (χ1n) is 10.2. The summed E-state index contributed by atoms with van der Waals surface area (Å²) in [5.41, 5.74) is -0.543. The van der Waals surface area contributed by atoms with Crippen LogP contribution >= 0.6 is 0 Å². The molecule has 2 aliphatic rings. The van der Waals surface area contributed by atoms with Crippen molar-refractivity contribution < 1.29 is 54.5 Å². The summed E-state index contributed by atoms with van der Waals surface area (Å²) in [4.78, 5) is 11.9. The zero-order valence-electron chi connectivity index (χ0n) is 17.9. The van der Waals surface area contributed by atoms with Crippen molar-refractivity contribution in [3.63, 3.8) is 0 Å². The molecule has 0 aromatic heterocycles. The maximum absolute atomic E-state index is 15.3. The zero-order chi connectivity index (χ0) is 24.5. The number of carbonyl (C=O) groups is 1. The van der Waals surface area contributed by atoms with E-state index in [4.69, 9.17) is 4.74 Å². The average molecular weight is 480 g/mol. The highest BCUT2D eigenvalue weighted by Crippen LogP contribution is 2.58. The predicted octanol–water partition coefficient (Wildman–Crippen LogP) is 5.38. The van der Waals surface area contributed by atoms with Crippen molar-refractivity contribution in [2.45, 2.75) is 95.0 Å². The lowest BCUT2D eigenvalue weighted by atomic mass is 9.78. The highest BCUT2D eigenvalue weighted by atomic mass is 19.4. The van der Waals surface area contributed by atoms with Gasteiger partial charge in [-0.25, -0.2) is 4.79 Å². The monoisotopic (exact) mass is 480 g/mol. The van der Waals surface area contributed by atoms with Gasteiger partial charge in [-0.3, -0.25) is 0 Å². The van der Waals surface area contributed by atoms with Crippen LogP contribution in [-0.2, 0) is 23.7 Å². The van der Waals surface area contributed by atoms with Crippen LogP contribution in [0.4, 0.5) is 30.7 Å². The van der Waals surface area contributed by atoms with Gasteiger partial charge in [0.1, 0.15) is 6.10 Å². The van der Waals surface area contributed by atoms with E-state index in [1.807, 2.05) is 0 Å². The Morgan fingerprint density at radius 1 is 1.12 bits per heavy atom. The van der Waals surface area contributed by atoms with Crippen LogP contribution in [0, 0.1) is 5.92 Å². The Hall–Kier alpha value is -1.40. The van der Waals surface area contributed by atoms with Gasteiger partial charge in [0.15, 0.2) is 6.79 Å². The molecular formula is C20H27F7O5. The van der Waals surface area contributed by atoms with Gasteiger partial charge in [-0.2, -0.15) is 30.7 Å². The quantitative estimate of drug-likeness (QED) is 0.212. The molecule has 1 aliphatic heterocycles. The third-order valence-corrected chi connectivity index (χ3v) is 5.48. The van der Waals surface area contributed by atoms with Crippen LogP contribution in [-0.4, -0.2) is 54.9 Å². The van der Waals surface area contributed by atoms with Crippen LogP contribution in [0.15, 0.2) is 12.2 Å². The van der Waals surface area contributed by atoms with E-state index in [-0.39, 0.29) is 12.8 Å². The topological polar surface area (TPSA) is 54.0 Å². The molecule has 186 valence electrons. The summed E-state index contributed by atoms with van der Waals surface area (Å²) in [6.45, 7) is 5.58. The third kappa shape index (κ3) is 4.91. The van der Waals surface area contributed by atoms with E-state index < -0.39 is 66.4 Å². The summed E-state index contributed by atoms with van der Waals surface area (Å²) in [7, 11) is 0. The molecular weight excluding hydrogens is 453 g/mol. The summed E-state index contributed by atoms with van der Waals surface area (Å²) < 4.78 is 121. The fraction of sp³-hybridized carbons (Fsp3) is 0.850. The second-order valence-electron chi connectivity index (χ2n) is 8.39. The molecule has 5 nitrogen and oxygen atoms in total. The van der Waals surface area contributed by atoms with Gasteiger partial charge in [0.2, 0.25) is 6.10 Å². The smallest absolute Gasteiger partial charge is 0.446 e. The minimum absolute atomic E-state index is 0.0312. The molecule has 12 heteroatoms. The number of halogens is 7. The van der Waals surface area contributed by atoms with Crippen molar-refractivity contribution in [3.05, 3.63) is 12.2 Å². The number of alkyl halides is 7. The Labute approximate surface area is 181 Å². The van der Waals surface area contributed by atoms with Crippen molar-refractivity contribution in [3.8, 4) is 0 Å². The summed E-state index contributed by atoms with van der Waals surface area (Å²) in [6, 6.07) is 0. The molecule has 0 amide bonds. The van der Waals surface area contributed by atoms with Crippen molar-refractivity contribution in [2.75, 3.05) is 6.79 Å². The number of esters is 1. The number of ether oxygens (including phenoxy) is 4. The van der Waals surface area contributed by atoms with E-state index in [0.717, 1.165) is 6.92 Å². The Balaban J connectivity index is 2.61. The second-order valence-corrected chi connectivity index (χ2v) is 8.39. The van der Waals surface area contributed by atoms with Gasteiger partial charge in [-0.05, 0) is 39.5 Å². The lowest BCUT2D eigenvalue weighted by Crippen LogP contribution is -2.78. The van der Waals surface area contributed by atoms with E-state index in [1.54, 1.807) is 0 Å². The molecule has 1 heterocycles. The van der Waals surface area contributed by atoms with E-state index in [9.17, 15) is 18.0 Å². The van der Waals surface area contributed by atoms with Crippen LogP contribution < -0.4 is 0 Å². The van der Waals surface area contributed by atoms with Gasteiger partial charge in [0, 0.05) is 5.57 Å².